The molecule has 0 unspecified atom stereocenters. The van der Waals surface area contributed by atoms with Crippen LogP contribution in [0.4, 0.5) is 0 Å². The Morgan fingerprint density at radius 1 is 1.33 bits per heavy atom. The van der Waals surface area contributed by atoms with E-state index in [2.05, 4.69) is 52.2 Å². The zero-order chi connectivity index (χ0) is 19.0. The van der Waals surface area contributed by atoms with Crippen LogP contribution >= 0.6 is 0 Å². The number of benzene rings is 1. The zero-order valence-electron chi connectivity index (χ0n) is 16.0. The quantitative estimate of drug-likeness (QED) is 0.723. The van der Waals surface area contributed by atoms with Gasteiger partial charge in [-0.25, -0.2) is 4.98 Å². The first-order valence-corrected chi connectivity index (χ1v) is 9.48. The number of carbonyl (C=O) groups is 1. The minimum atomic E-state index is 0.116. The molecule has 1 aliphatic rings. The Bertz CT molecular complexity index is 978. The second kappa shape index (κ2) is 7.06. The van der Waals surface area contributed by atoms with Crippen LogP contribution in [0.25, 0.3) is 22.3 Å². The molecule has 4 rings (SSSR count). The standard InChI is InChI=1S/C22H25N3O2/c1-4-19(26)23-12-15-10-17(15)20-18-11-16(27-3)13-24-22(18)25(2)21(20)14-8-6-5-7-9-14/h5-9,11,13,15,17H,4,10,12H2,1-3H3,(H,23,26)/t15-,17+/m0/s1. The molecule has 1 fully saturated rings. The summed E-state index contributed by atoms with van der Waals surface area (Å²) in [5, 5.41) is 4.19. The first-order valence-electron chi connectivity index (χ1n) is 9.48. The lowest BCUT2D eigenvalue weighted by Crippen LogP contribution is -2.24. The highest BCUT2D eigenvalue weighted by Gasteiger charge is 2.42. The highest BCUT2D eigenvalue weighted by Crippen LogP contribution is 2.53. The molecule has 1 aliphatic carbocycles. The van der Waals surface area contributed by atoms with Crippen molar-refractivity contribution in [2.75, 3.05) is 13.7 Å². The van der Waals surface area contributed by atoms with Crippen LogP contribution in [0.2, 0.25) is 0 Å². The van der Waals surface area contributed by atoms with Crippen molar-refractivity contribution >= 4 is 16.9 Å². The smallest absolute Gasteiger partial charge is 0.219 e. The highest BCUT2D eigenvalue weighted by atomic mass is 16.5. The number of fused-ring (bicyclic) bond motifs is 1. The summed E-state index contributed by atoms with van der Waals surface area (Å²) in [5.41, 5.74) is 4.68. The average molecular weight is 363 g/mol. The van der Waals surface area contributed by atoms with Crippen LogP contribution in [0.1, 0.15) is 31.2 Å². The van der Waals surface area contributed by atoms with Crippen molar-refractivity contribution in [2.24, 2.45) is 13.0 Å². The number of rotatable bonds is 6. The van der Waals surface area contributed by atoms with E-state index in [0.29, 0.717) is 18.3 Å². The fraction of sp³-hybridized carbons (Fsp3) is 0.364. The van der Waals surface area contributed by atoms with E-state index in [-0.39, 0.29) is 5.91 Å². The molecule has 5 heteroatoms. The molecule has 0 aliphatic heterocycles. The van der Waals surface area contributed by atoms with Gasteiger partial charge < -0.3 is 14.6 Å². The van der Waals surface area contributed by atoms with Gasteiger partial charge in [0.25, 0.3) is 0 Å². The molecule has 2 atom stereocenters. The number of pyridine rings is 1. The van der Waals surface area contributed by atoms with Crippen LogP contribution in [0.15, 0.2) is 42.6 Å². The number of hydrogen-bond donors (Lipinski definition) is 1. The molecule has 140 valence electrons. The van der Waals surface area contributed by atoms with E-state index >= 15 is 0 Å². The Hall–Kier alpha value is -2.82. The molecule has 2 heterocycles. The Kier molecular flexibility index (Phi) is 4.60. The minimum absolute atomic E-state index is 0.116. The number of nitrogens with one attached hydrogen (secondary N) is 1. The van der Waals surface area contributed by atoms with Crippen molar-refractivity contribution in [1.82, 2.24) is 14.9 Å². The van der Waals surface area contributed by atoms with E-state index in [9.17, 15) is 4.79 Å². The topological polar surface area (TPSA) is 56.2 Å². The maximum atomic E-state index is 11.6. The maximum Gasteiger partial charge on any atom is 0.219 e. The van der Waals surface area contributed by atoms with Crippen LogP contribution in [0.5, 0.6) is 5.75 Å². The number of aromatic nitrogens is 2. The summed E-state index contributed by atoms with van der Waals surface area (Å²) in [5.74, 6) is 1.78. The third-order valence-electron chi connectivity index (χ3n) is 5.50. The van der Waals surface area contributed by atoms with Crippen LogP contribution in [-0.2, 0) is 11.8 Å². The SMILES string of the molecule is CCC(=O)NC[C@@H]1C[C@H]1c1c(-c2ccccc2)n(C)c2ncc(OC)cc12. The number of methoxy groups -OCH3 is 1. The summed E-state index contributed by atoms with van der Waals surface area (Å²) in [6, 6.07) is 12.5. The zero-order valence-corrected chi connectivity index (χ0v) is 16.0. The summed E-state index contributed by atoms with van der Waals surface area (Å²) in [6.45, 7) is 2.62. The van der Waals surface area contributed by atoms with E-state index in [1.807, 2.05) is 13.0 Å². The summed E-state index contributed by atoms with van der Waals surface area (Å²) >= 11 is 0. The molecule has 1 N–H and O–H groups in total. The van der Waals surface area contributed by atoms with Crippen molar-refractivity contribution in [2.45, 2.75) is 25.7 Å². The summed E-state index contributed by atoms with van der Waals surface area (Å²) < 4.78 is 7.60. The predicted molar refractivity (Wildman–Crippen MR) is 107 cm³/mol. The molecule has 27 heavy (non-hydrogen) atoms. The minimum Gasteiger partial charge on any atom is -0.495 e. The molecule has 0 spiro atoms. The van der Waals surface area contributed by atoms with Gasteiger partial charge in [-0.15, -0.1) is 0 Å². The number of amides is 1. The van der Waals surface area contributed by atoms with Gasteiger partial charge in [-0.3, -0.25) is 4.79 Å². The Morgan fingerprint density at radius 2 is 2.11 bits per heavy atom. The molecule has 0 saturated heterocycles. The van der Waals surface area contributed by atoms with Gasteiger partial charge in [0.05, 0.1) is 19.0 Å². The molecule has 3 aromatic rings. The number of nitrogens with zero attached hydrogens (tertiary/aromatic N) is 2. The fourth-order valence-corrected chi connectivity index (χ4v) is 3.95. The second-order valence-corrected chi connectivity index (χ2v) is 7.19. The van der Waals surface area contributed by atoms with Gasteiger partial charge in [-0.2, -0.15) is 0 Å². The van der Waals surface area contributed by atoms with E-state index in [1.54, 1.807) is 13.3 Å². The molecule has 1 saturated carbocycles. The van der Waals surface area contributed by atoms with Gasteiger partial charge in [0.2, 0.25) is 5.91 Å². The van der Waals surface area contributed by atoms with E-state index < -0.39 is 0 Å². The van der Waals surface area contributed by atoms with Gasteiger partial charge in [0.15, 0.2) is 0 Å². The number of ether oxygens (including phenoxy) is 1. The molecule has 0 bridgehead atoms. The molecular weight excluding hydrogens is 338 g/mol. The number of aryl methyl sites for hydroxylation is 1. The van der Waals surface area contributed by atoms with Crippen LogP contribution in [-0.4, -0.2) is 29.1 Å². The van der Waals surface area contributed by atoms with E-state index in [4.69, 9.17) is 4.74 Å². The summed E-state index contributed by atoms with van der Waals surface area (Å²) in [6.07, 6.45) is 3.38. The summed E-state index contributed by atoms with van der Waals surface area (Å²) in [7, 11) is 3.74. The lowest BCUT2D eigenvalue weighted by Gasteiger charge is -2.09. The Labute approximate surface area is 159 Å². The summed E-state index contributed by atoms with van der Waals surface area (Å²) in [4.78, 5) is 16.3. The number of carbonyl (C=O) groups excluding carboxylic acids is 1. The molecule has 2 aromatic heterocycles. The van der Waals surface area contributed by atoms with Gasteiger partial charge in [-0.05, 0) is 35.4 Å². The van der Waals surface area contributed by atoms with E-state index in [0.717, 1.165) is 29.7 Å². The van der Waals surface area contributed by atoms with Crippen molar-refractivity contribution in [3.05, 3.63) is 48.2 Å². The van der Waals surface area contributed by atoms with Crippen LogP contribution in [0, 0.1) is 5.92 Å². The third-order valence-corrected chi connectivity index (χ3v) is 5.50. The fourth-order valence-electron chi connectivity index (χ4n) is 3.95. The van der Waals surface area contributed by atoms with Gasteiger partial charge in [0.1, 0.15) is 11.4 Å². The van der Waals surface area contributed by atoms with Gasteiger partial charge >= 0.3 is 0 Å². The molecular formula is C22H25N3O2. The largest absolute Gasteiger partial charge is 0.495 e. The van der Waals surface area contributed by atoms with Crippen LogP contribution < -0.4 is 10.1 Å². The van der Waals surface area contributed by atoms with Crippen molar-refractivity contribution in [1.29, 1.82) is 0 Å². The monoisotopic (exact) mass is 363 g/mol. The van der Waals surface area contributed by atoms with Gasteiger partial charge in [-0.1, -0.05) is 37.3 Å². The van der Waals surface area contributed by atoms with Crippen molar-refractivity contribution in [3.63, 3.8) is 0 Å². The molecule has 5 nitrogen and oxygen atoms in total. The number of hydrogen-bond acceptors (Lipinski definition) is 3. The Balaban J connectivity index is 1.79. The maximum absolute atomic E-state index is 11.6. The predicted octanol–water partition coefficient (Wildman–Crippen LogP) is 3.88. The first kappa shape index (κ1) is 17.6. The van der Waals surface area contributed by atoms with Crippen molar-refractivity contribution < 1.29 is 9.53 Å². The second-order valence-electron chi connectivity index (χ2n) is 7.19. The Morgan fingerprint density at radius 3 is 2.81 bits per heavy atom. The molecule has 1 aromatic carbocycles. The molecule has 0 radical (unpaired) electrons. The normalized spacial score (nSPS) is 18.5. The van der Waals surface area contributed by atoms with Gasteiger partial charge in [0, 0.05) is 25.4 Å². The van der Waals surface area contributed by atoms with Crippen molar-refractivity contribution in [3.8, 4) is 17.0 Å². The van der Waals surface area contributed by atoms with Crippen LogP contribution in [0.3, 0.4) is 0 Å². The van der Waals surface area contributed by atoms with E-state index in [1.165, 1.54) is 16.8 Å². The lowest BCUT2D eigenvalue weighted by molar-refractivity contribution is -0.120. The third kappa shape index (κ3) is 3.18. The highest BCUT2D eigenvalue weighted by molar-refractivity contribution is 5.91. The lowest BCUT2D eigenvalue weighted by atomic mass is 10.0. The molecule has 1 amide bonds. The average Bonchev–Trinajstić information content (AvgIpc) is 3.42. The first-order chi connectivity index (χ1) is 13.1.